The summed E-state index contributed by atoms with van der Waals surface area (Å²) in [6.45, 7) is 14.6. The molecule has 0 unspecified atom stereocenters. The summed E-state index contributed by atoms with van der Waals surface area (Å²) < 4.78 is 17.1. The van der Waals surface area contributed by atoms with E-state index < -0.39 is 29.1 Å². The molecule has 11 nitrogen and oxygen atoms in total. The lowest BCUT2D eigenvalue weighted by molar-refractivity contribution is -0.133. The predicted molar refractivity (Wildman–Crippen MR) is 179 cm³/mol. The highest BCUT2D eigenvalue weighted by Gasteiger charge is 2.48. The van der Waals surface area contributed by atoms with Crippen LogP contribution in [-0.4, -0.2) is 84.8 Å². The van der Waals surface area contributed by atoms with Crippen LogP contribution in [0.15, 0.2) is 18.2 Å². The molecule has 0 bridgehead atoms. The molecule has 1 aromatic rings. The molecule has 2 heterocycles. The maximum absolute atomic E-state index is 14.6. The van der Waals surface area contributed by atoms with Crippen molar-refractivity contribution in [1.82, 2.24) is 10.2 Å². The number of hydrogen-bond donors (Lipinski definition) is 1. The molecule has 3 fully saturated rings. The van der Waals surface area contributed by atoms with Gasteiger partial charge in [0, 0.05) is 50.6 Å². The minimum Gasteiger partial charge on any atom is -0.476 e. The first-order valence-electron chi connectivity index (χ1n) is 17.3. The molecule has 1 N–H and O–H groups in total. The van der Waals surface area contributed by atoms with Crippen molar-refractivity contribution in [2.24, 2.45) is 17.8 Å². The molecule has 2 atom stereocenters. The van der Waals surface area contributed by atoms with Crippen LogP contribution in [0.25, 0.3) is 0 Å². The molecule has 47 heavy (non-hydrogen) atoms. The summed E-state index contributed by atoms with van der Waals surface area (Å²) >= 11 is 0. The van der Waals surface area contributed by atoms with Crippen molar-refractivity contribution in [3.05, 3.63) is 18.2 Å². The second kappa shape index (κ2) is 13.3. The van der Waals surface area contributed by atoms with Crippen LogP contribution in [0.1, 0.15) is 93.4 Å². The van der Waals surface area contributed by atoms with E-state index in [2.05, 4.69) is 19.2 Å². The minimum absolute atomic E-state index is 0.00379. The number of hydrogen-bond acceptors (Lipinski definition) is 7. The van der Waals surface area contributed by atoms with Crippen molar-refractivity contribution in [1.29, 1.82) is 0 Å². The van der Waals surface area contributed by atoms with E-state index in [1.54, 1.807) is 25.9 Å². The Balaban J connectivity index is 1.42. The monoisotopic (exact) mass is 654 g/mol. The summed E-state index contributed by atoms with van der Waals surface area (Å²) in [6.07, 6.45) is 4.98. The Bertz CT molecular complexity index is 1360. The first-order chi connectivity index (χ1) is 22.0. The topological polar surface area (TPSA) is 118 Å². The molecule has 11 heteroatoms. The van der Waals surface area contributed by atoms with Crippen LogP contribution in [0.4, 0.5) is 16.2 Å². The second-order valence-corrected chi connectivity index (χ2v) is 15.9. The van der Waals surface area contributed by atoms with Crippen LogP contribution >= 0.6 is 0 Å². The van der Waals surface area contributed by atoms with Crippen molar-refractivity contribution in [2.75, 3.05) is 43.2 Å². The van der Waals surface area contributed by atoms with E-state index in [1.165, 1.54) is 4.90 Å². The van der Waals surface area contributed by atoms with Crippen molar-refractivity contribution in [3.8, 4) is 5.75 Å². The van der Waals surface area contributed by atoms with Gasteiger partial charge in [-0.3, -0.25) is 14.4 Å². The molecular weight excluding hydrogens is 600 g/mol. The van der Waals surface area contributed by atoms with Gasteiger partial charge in [0.1, 0.15) is 11.4 Å². The van der Waals surface area contributed by atoms with E-state index in [-0.39, 0.29) is 42.4 Å². The maximum atomic E-state index is 14.6. The Hall–Kier alpha value is -3.34. The summed E-state index contributed by atoms with van der Waals surface area (Å²) in [5, 5.41) is 3.30. The zero-order valence-electron chi connectivity index (χ0n) is 29.5. The third-order valence-corrected chi connectivity index (χ3v) is 9.38. The highest BCUT2D eigenvalue weighted by Crippen LogP contribution is 2.44. The molecule has 5 rings (SSSR count). The van der Waals surface area contributed by atoms with E-state index in [0.717, 1.165) is 32.1 Å². The molecule has 2 aliphatic carbocycles. The van der Waals surface area contributed by atoms with Gasteiger partial charge < -0.3 is 34.2 Å². The Morgan fingerprint density at radius 3 is 2.38 bits per heavy atom. The van der Waals surface area contributed by atoms with Gasteiger partial charge in [-0.2, -0.15) is 0 Å². The number of likely N-dealkylation sites (tertiary alicyclic amines) is 1. The highest BCUT2D eigenvalue weighted by atomic mass is 16.6. The van der Waals surface area contributed by atoms with E-state index >= 15 is 0 Å². The zero-order chi connectivity index (χ0) is 34.3. The lowest BCUT2D eigenvalue weighted by atomic mass is 9.87. The molecule has 4 aliphatic rings. The van der Waals surface area contributed by atoms with E-state index in [4.69, 9.17) is 14.2 Å². The number of amides is 4. The number of fused-ring (bicyclic) bond motifs is 1. The van der Waals surface area contributed by atoms with Crippen molar-refractivity contribution in [2.45, 2.75) is 116 Å². The fourth-order valence-electron chi connectivity index (χ4n) is 6.96. The lowest BCUT2D eigenvalue weighted by Crippen LogP contribution is -2.55. The molecule has 0 spiro atoms. The van der Waals surface area contributed by atoms with E-state index in [1.807, 2.05) is 43.9 Å². The third-order valence-electron chi connectivity index (χ3n) is 9.38. The molecule has 1 aromatic carbocycles. The minimum atomic E-state index is -1.02. The SMILES string of the molecule is COCCCN1C(=O)C(C)(C)Oc2ccc(N(C(=O)[C@@H]3C[C@H](C(=O)NC4(CC(C)C)CC4)CN(C(=O)OC(C)(C)C)C3)C3CC3)cc21. The number of carbonyl (C=O) groups excluding carboxylic acids is 4. The number of ether oxygens (including phenoxy) is 3. The van der Waals surface area contributed by atoms with Gasteiger partial charge in [0.25, 0.3) is 5.91 Å². The summed E-state index contributed by atoms with van der Waals surface area (Å²) in [4.78, 5) is 60.2. The second-order valence-electron chi connectivity index (χ2n) is 15.9. The smallest absolute Gasteiger partial charge is 0.410 e. The number of carbonyl (C=O) groups is 4. The molecule has 0 aromatic heterocycles. The number of benzene rings is 1. The van der Waals surface area contributed by atoms with Crippen molar-refractivity contribution >= 4 is 35.2 Å². The molecule has 4 amide bonds. The third kappa shape index (κ3) is 8.21. The van der Waals surface area contributed by atoms with E-state index in [9.17, 15) is 19.2 Å². The van der Waals surface area contributed by atoms with Crippen LogP contribution in [0.5, 0.6) is 5.75 Å². The number of piperidine rings is 1. The summed E-state index contributed by atoms with van der Waals surface area (Å²) in [6, 6.07) is 5.57. The summed E-state index contributed by atoms with van der Waals surface area (Å²) in [5.74, 6) is -0.491. The Morgan fingerprint density at radius 1 is 1.11 bits per heavy atom. The first kappa shape index (κ1) is 35.0. The van der Waals surface area contributed by atoms with Crippen LogP contribution < -0.4 is 19.9 Å². The average Bonchev–Trinajstić information content (AvgIpc) is 3.92. The van der Waals surface area contributed by atoms with Gasteiger partial charge in [0.2, 0.25) is 11.8 Å². The largest absolute Gasteiger partial charge is 0.476 e. The number of nitrogens with zero attached hydrogens (tertiary/aromatic N) is 3. The van der Waals surface area contributed by atoms with Gasteiger partial charge >= 0.3 is 6.09 Å². The standard InChI is InChI=1S/C36H54N4O7/c1-23(2)20-36(14-15-36)37-30(41)24-18-25(22-38(21-24)33(44)47-34(3,4)5)31(42)40(26-10-11-26)27-12-13-29-28(19-27)39(16-9-17-45-8)32(43)35(6,7)46-29/h12-13,19,23-26H,9-11,14-18,20-22H2,1-8H3,(H,37,41)/t24-,25+/m0/s1. The fraction of sp³-hybridized carbons (Fsp3) is 0.722. The Labute approximate surface area is 279 Å². The van der Waals surface area contributed by atoms with Gasteiger partial charge in [0.05, 0.1) is 17.5 Å². The summed E-state index contributed by atoms with van der Waals surface area (Å²) in [5.41, 5.74) is -0.630. The fourth-order valence-corrected chi connectivity index (χ4v) is 6.96. The van der Waals surface area contributed by atoms with Gasteiger partial charge in [-0.15, -0.1) is 0 Å². The first-order valence-corrected chi connectivity index (χ1v) is 17.3. The molecule has 2 saturated carbocycles. The number of methoxy groups -OCH3 is 1. The van der Waals surface area contributed by atoms with Crippen LogP contribution in [0.2, 0.25) is 0 Å². The maximum Gasteiger partial charge on any atom is 0.410 e. The van der Waals surface area contributed by atoms with E-state index in [0.29, 0.717) is 49.0 Å². The number of rotatable bonds is 11. The van der Waals surface area contributed by atoms with Crippen molar-refractivity contribution in [3.63, 3.8) is 0 Å². The Kier molecular flexibility index (Phi) is 9.89. The molecule has 1 saturated heterocycles. The molecule has 260 valence electrons. The lowest BCUT2D eigenvalue weighted by Gasteiger charge is -2.41. The van der Waals surface area contributed by atoms with Crippen LogP contribution in [-0.2, 0) is 23.9 Å². The quantitative estimate of drug-likeness (QED) is 0.322. The van der Waals surface area contributed by atoms with Crippen LogP contribution in [0.3, 0.4) is 0 Å². The zero-order valence-corrected chi connectivity index (χ0v) is 29.5. The Morgan fingerprint density at radius 2 is 1.79 bits per heavy atom. The molecular formula is C36H54N4O7. The molecule has 0 radical (unpaired) electrons. The average molecular weight is 655 g/mol. The van der Waals surface area contributed by atoms with Gasteiger partial charge in [-0.05, 0) is 104 Å². The van der Waals surface area contributed by atoms with Gasteiger partial charge in [-0.25, -0.2) is 4.79 Å². The van der Waals surface area contributed by atoms with Gasteiger partial charge in [-0.1, -0.05) is 13.8 Å². The van der Waals surface area contributed by atoms with Gasteiger partial charge in [0.15, 0.2) is 5.60 Å². The predicted octanol–water partition coefficient (Wildman–Crippen LogP) is 5.29. The normalized spacial score (nSPS) is 23.1. The molecule has 2 aliphatic heterocycles. The van der Waals surface area contributed by atoms with Crippen molar-refractivity contribution < 1.29 is 33.4 Å². The highest BCUT2D eigenvalue weighted by molar-refractivity contribution is 6.04. The summed E-state index contributed by atoms with van der Waals surface area (Å²) in [7, 11) is 1.63. The van der Waals surface area contributed by atoms with Crippen LogP contribution in [0, 0.1) is 17.8 Å². The number of nitrogens with one attached hydrogen (secondary N) is 1. The number of anilines is 2.